The van der Waals surface area contributed by atoms with E-state index in [2.05, 4.69) is 58.2 Å². The Balaban J connectivity index is 1.50. The largest absolute Gasteiger partial charge is 0.334 e. The third-order valence-corrected chi connectivity index (χ3v) is 6.58. The number of carbonyl (C=O) groups is 1. The Hall–Kier alpha value is -1.65. The van der Waals surface area contributed by atoms with Crippen molar-refractivity contribution in [2.75, 3.05) is 13.1 Å². The number of nitrogens with one attached hydrogen (secondary N) is 1. The molecule has 2 fully saturated rings. The summed E-state index contributed by atoms with van der Waals surface area (Å²) in [7, 11) is 0. The maximum absolute atomic E-state index is 13.1. The molecule has 4 rings (SSSR count). The Morgan fingerprint density at radius 1 is 1.20 bits per heavy atom. The zero-order valence-corrected chi connectivity index (χ0v) is 15.6. The summed E-state index contributed by atoms with van der Waals surface area (Å²) in [6.45, 7) is 5.03. The maximum Gasteiger partial charge on any atom is 0.227 e. The normalized spacial score (nSPS) is 21.2. The molecule has 132 valence electrons. The highest BCUT2D eigenvalue weighted by Crippen LogP contribution is 2.56. The van der Waals surface area contributed by atoms with Crippen LogP contribution in [0.4, 0.5) is 0 Å². The lowest BCUT2D eigenvalue weighted by molar-refractivity contribution is -0.132. The number of nitrogens with zero attached hydrogens (tertiary/aromatic N) is 1. The number of hydrogen-bond donors (Lipinski definition) is 1. The third kappa shape index (κ3) is 3.65. The second-order valence-electron chi connectivity index (χ2n) is 7.65. The van der Waals surface area contributed by atoms with Gasteiger partial charge in [0.25, 0.3) is 0 Å². The molecule has 25 heavy (non-hydrogen) atoms. The fourth-order valence-corrected chi connectivity index (χ4v) is 4.82. The highest BCUT2D eigenvalue weighted by molar-refractivity contribution is 7.07. The van der Waals surface area contributed by atoms with Crippen molar-refractivity contribution >= 4 is 17.2 Å². The number of thiophene rings is 1. The minimum absolute atomic E-state index is 0.274. The monoisotopic (exact) mass is 354 g/mol. The van der Waals surface area contributed by atoms with Crippen molar-refractivity contribution in [3.05, 3.63) is 57.8 Å². The molecule has 3 nitrogen and oxygen atoms in total. The van der Waals surface area contributed by atoms with E-state index < -0.39 is 0 Å². The number of aryl methyl sites for hydroxylation is 1. The molecule has 1 aliphatic heterocycles. The number of amides is 1. The van der Waals surface area contributed by atoms with Gasteiger partial charge in [0.1, 0.15) is 0 Å². The van der Waals surface area contributed by atoms with Crippen LogP contribution in [0.15, 0.2) is 41.1 Å². The average Bonchev–Trinajstić information content (AvgIpc) is 3.06. The van der Waals surface area contributed by atoms with Crippen LogP contribution in [0.1, 0.15) is 36.0 Å². The third-order valence-electron chi connectivity index (χ3n) is 5.85. The van der Waals surface area contributed by atoms with Gasteiger partial charge in [-0.25, -0.2) is 0 Å². The van der Waals surface area contributed by atoms with Crippen LogP contribution in [-0.2, 0) is 17.8 Å². The second kappa shape index (κ2) is 6.93. The molecular formula is C21H26N2OS. The van der Waals surface area contributed by atoms with Crippen LogP contribution in [0, 0.1) is 12.3 Å². The second-order valence-corrected chi connectivity index (χ2v) is 8.43. The zero-order chi connectivity index (χ0) is 17.3. The van der Waals surface area contributed by atoms with Crippen LogP contribution in [0.5, 0.6) is 0 Å². The van der Waals surface area contributed by atoms with Gasteiger partial charge in [-0.05, 0) is 72.6 Å². The first-order valence-corrected chi connectivity index (χ1v) is 10.2. The van der Waals surface area contributed by atoms with Crippen molar-refractivity contribution in [3.8, 4) is 0 Å². The summed E-state index contributed by atoms with van der Waals surface area (Å²) in [6.07, 6.45) is 4.10. The van der Waals surface area contributed by atoms with E-state index in [1.165, 1.54) is 30.4 Å². The summed E-state index contributed by atoms with van der Waals surface area (Å²) in [5.74, 6) is 0.274. The van der Waals surface area contributed by atoms with Crippen molar-refractivity contribution in [3.63, 3.8) is 0 Å². The Bertz CT molecular complexity index is 717. The molecule has 4 heteroatoms. The maximum atomic E-state index is 13.1. The topological polar surface area (TPSA) is 32.3 Å². The molecule has 1 aromatic heterocycles. The van der Waals surface area contributed by atoms with Gasteiger partial charge in [-0.15, -0.1) is 0 Å². The summed E-state index contributed by atoms with van der Waals surface area (Å²) >= 11 is 1.71. The van der Waals surface area contributed by atoms with E-state index in [9.17, 15) is 4.79 Å². The van der Waals surface area contributed by atoms with Crippen molar-refractivity contribution in [1.82, 2.24) is 10.2 Å². The smallest absolute Gasteiger partial charge is 0.227 e. The van der Waals surface area contributed by atoms with Crippen LogP contribution < -0.4 is 5.32 Å². The highest BCUT2D eigenvalue weighted by atomic mass is 32.1. The van der Waals surface area contributed by atoms with E-state index in [0.717, 1.165) is 25.2 Å². The standard InChI is InChI=1S/C21H26N2OS/c1-16-2-4-17(5-3-16)12-20(24)23(14-18-6-11-25-15-18)19-13-21(19)7-9-22-10-8-21/h2-6,11,15,19,22H,7-10,12-14H2,1H3. The van der Waals surface area contributed by atoms with Crippen molar-refractivity contribution in [2.45, 2.75) is 45.2 Å². The summed E-state index contributed by atoms with van der Waals surface area (Å²) in [6, 6.07) is 10.9. The molecule has 2 heterocycles. The first-order chi connectivity index (χ1) is 12.2. The van der Waals surface area contributed by atoms with Gasteiger partial charge in [0, 0.05) is 12.6 Å². The number of piperidine rings is 1. The molecule has 1 N–H and O–H groups in total. The fraction of sp³-hybridized carbons (Fsp3) is 0.476. The van der Waals surface area contributed by atoms with Crippen molar-refractivity contribution in [2.24, 2.45) is 5.41 Å². The molecule has 1 atom stereocenters. The summed E-state index contributed by atoms with van der Waals surface area (Å²) in [5, 5.41) is 7.73. The zero-order valence-electron chi connectivity index (χ0n) is 14.8. The molecule has 0 bridgehead atoms. The number of benzene rings is 1. The van der Waals surface area contributed by atoms with Crippen molar-refractivity contribution < 1.29 is 4.79 Å². The molecule has 2 aromatic rings. The van der Waals surface area contributed by atoms with Gasteiger partial charge in [0.15, 0.2) is 0 Å². The van der Waals surface area contributed by atoms with E-state index in [-0.39, 0.29) is 5.91 Å². The van der Waals surface area contributed by atoms with Crippen LogP contribution in [0.3, 0.4) is 0 Å². The predicted molar refractivity (Wildman–Crippen MR) is 103 cm³/mol. The molecule has 1 saturated heterocycles. The quantitative estimate of drug-likeness (QED) is 0.886. The molecular weight excluding hydrogens is 328 g/mol. The minimum atomic E-state index is 0.274. The van der Waals surface area contributed by atoms with E-state index in [0.29, 0.717) is 17.9 Å². The molecule has 1 spiro atoms. The van der Waals surface area contributed by atoms with Gasteiger partial charge in [-0.2, -0.15) is 11.3 Å². The van der Waals surface area contributed by atoms with Crippen LogP contribution in [0.2, 0.25) is 0 Å². The highest BCUT2D eigenvalue weighted by Gasteiger charge is 2.57. The lowest BCUT2D eigenvalue weighted by Crippen LogP contribution is -2.39. The SMILES string of the molecule is Cc1ccc(CC(=O)N(Cc2ccsc2)C2CC23CCNCC3)cc1. The van der Waals surface area contributed by atoms with Gasteiger partial charge < -0.3 is 10.2 Å². The molecule has 1 aliphatic carbocycles. The first kappa shape index (κ1) is 16.8. The van der Waals surface area contributed by atoms with Crippen LogP contribution in [-0.4, -0.2) is 29.9 Å². The van der Waals surface area contributed by atoms with E-state index in [1.807, 2.05) is 0 Å². The average molecular weight is 355 g/mol. The Labute approximate surface area is 154 Å². The Kier molecular flexibility index (Phi) is 4.65. The van der Waals surface area contributed by atoms with Gasteiger partial charge in [-0.3, -0.25) is 4.79 Å². The Morgan fingerprint density at radius 2 is 1.96 bits per heavy atom. The van der Waals surface area contributed by atoms with Crippen molar-refractivity contribution in [1.29, 1.82) is 0 Å². The first-order valence-electron chi connectivity index (χ1n) is 9.23. The van der Waals surface area contributed by atoms with Gasteiger partial charge in [0.05, 0.1) is 6.42 Å². The number of hydrogen-bond acceptors (Lipinski definition) is 3. The van der Waals surface area contributed by atoms with E-state index in [4.69, 9.17) is 0 Å². The fourth-order valence-electron chi connectivity index (χ4n) is 4.16. The lowest BCUT2D eigenvalue weighted by Gasteiger charge is -2.29. The summed E-state index contributed by atoms with van der Waals surface area (Å²) in [5.41, 5.74) is 4.00. The summed E-state index contributed by atoms with van der Waals surface area (Å²) < 4.78 is 0. The molecule has 1 aromatic carbocycles. The van der Waals surface area contributed by atoms with E-state index in [1.54, 1.807) is 11.3 Å². The number of carbonyl (C=O) groups excluding carboxylic acids is 1. The van der Waals surface area contributed by atoms with Gasteiger partial charge in [-0.1, -0.05) is 29.8 Å². The summed E-state index contributed by atoms with van der Waals surface area (Å²) in [4.78, 5) is 15.3. The van der Waals surface area contributed by atoms with Gasteiger partial charge >= 0.3 is 0 Å². The predicted octanol–water partition coefficient (Wildman–Crippen LogP) is 3.77. The van der Waals surface area contributed by atoms with Crippen LogP contribution >= 0.6 is 11.3 Å². The molecule has 1 unspecified atom stereocenters. The minimum Gasteiger partial charge on any atom is -0.334 e. The van der Waals surface area contributed by atoms with Crippen LogP contribution in [0.25, 0.3) is 0 Å². The van der Waals surface area contributed by atoms with Gasteiger partial charge in [0.2, 0.25) is 5.91 Å². The lowest BCUT2D eigenvalue weighted by atomic mass is 9.93. The molecule has 2 aliphatic rings. The molecule has 1 amide bonds. The van der Waals surface area contributed by atoms with E-state index >= 15 is 0 Å². The Morgan fingerprint density at radius 3 is 2.64 bits per heavy atom. The molecule has 0 radical (unpaired) electrons. The number of rotatable bonds is 5. The molecule has 1 saturated carbocycles.